The maximum absolute atomic E-state index is 13.9. The van der Waals surface area contributed by atoms with Gasteiger partial charge in [0.25, 0.3) is 0 Å². The van der Waals surface area contributed by atoms with Crippen LogP contribution in [0.1, 0.15) is 25.7 Å². The second-order valence-electron chi connectivity index (χ2n) is 6.54. The molecule has 1 aromatic carbocycles. The van der Waals surface area contributed by atoms with Crippen LogP contribution in [-0.4, -0.2) is 55.2 Å². The lowest BCUT2D eigenvalue weighted by molar-refractivity contribution is 0.178. The Bertz CT molecular complexity index is 709. The normalized spacial score (nSPS) is 18.8. The van der Waals surface area contributed by atoms with Crippen molar-refractivity contribution in [1.29, 1.82) is 0 Å². The highest BCUT2D eigenvalue weighted by Gasteiger charge is 2.20. The number of hydrogen-bond donors (Lipinski definition) is 0. The smallest absolute Gasteiger partial charge is 0.167 e. The van der Waals surface area contributed by atoms with E-state index in [2.05, 4.69) is 26.8 Å². The lowest BCUT2D eigenvalue weighted by Crippen LogP contribution is -2.38. The zero-order valence-electron chi connectivity index (χ0n) is 14.6. The number of nitrogens with zero attached hydrogens (tertiary/aromatic N) is 4. The fraction of sp³-hybridized carbons (Fsp3) is 0.556. The molecule has 1 atom stereocenters. The maximum Gasteiger partial charge on any atom is 0.167 e. The van der Waals surface area contributed by atoms with Crippen LogP contribution in [0.25, 0.3) is 10.9 Å². The average molecular weight is 332 g/mol. The molecule has 5 nitrogen and oxygen atoms in total. The summed E-state index contributed by atoms with van der Waals surface area (Å²) in [7, 11) is 5.70. The fourth-order valence-electron chi connectivity index (χ4n) is 3.46. The molecule has 1 fully saturated rings. The van der Waals surface area contributed by atoms with Gasteiger partial charge in [-0.15, -0.1) is 0 Å². The Morgan fingerprint density at radius 1 is 1.33 bits per heavy atom. The third-order valence-corrected chi connectivity index (χ3v) is 4.97. The standard InChI is InChI=1S/C18H25FN4O/c1-22-8-5-4-6-13(22)7-9-23(2)18-14-10-17(24-3)15(19)11-16(14)20-12-21-18/h10-13H,4-9H2,1-3H3. The minimum Gasteiger partial charge on any atom is -0.494 e. The highest BCUT2D eigenvalue weighted by molar-refractivity contribution is 5.90. The molecule has 24 heavy (non-hydrogen) atoms. The molecule has 0 aliphatic carbocycles. The summed E-state index contributed by atoms with van der Waals surface area (Å²) in [6.45, 7) is 2.09. The fourth-order valence-corrected chi connectivity index (χ4v) is 3.46. The molecule has 0 saturated carbocycles. The van der Waals surface area contributed by atoms with Gasteiger partial charge in [-0.2, -0.15) is 0 Å². The van der Waals surface area contributed by atoms with Crippen molar-refractivity contribution < 1.29 is 9.13 Å². The molecule has 2 aromatic rings. The number of rotatable bonds is 5. The summed E-state index contributed by atoms with van der Waals surface area (Å²) < 4.78 is 19.0. The van der Waals surface area contributed by atoms with E-state index in [1.54, 1.807) is 6.07 Å². The average Bonchev–Trinajstić information content (AvgIpc) is 2.59. The molecule has 1 saturated heterocycles. The summed E-state index contributed by atoms with van der Waals surface area (Å²) in [4.78, 5) is 13.2. The SMILES string of the molecule is COc1cc2c(N(C)CCC3CCCCN3C)ncnc2cc1F. The van der Waals surface area contributed by atoms with Crippen molar-refractivity contribution in [1.82, 2.24) is 14.9 Å². The van der Waals surface area contributed by atoms with Gasteiger partial charge in [0.1, 0.15) is 12.1 Å². The van der Waals surface area contributed by atoms with Crippen molar-refractivity contribution in [2.75, 3.05) is 39.2 Å². The topological polar surface area (TPSA) is 41.5 Å². The number of fused-ring (bicyclic) bond motifs is 1. The Morgan fingerprint density at radius 3 is 2.92 bits per heavy atom. The molecule has 1 aliphatic rings. The molecular formula is C18H25FN4O. The second-order valence-corrected chi connectivity index (χ2v) is 6.54. The van der Waals surface area contributed by atoms with E-state index < -0.39 is 5.82 Å². The maximum atomic E-state index is 13.9. The summed E-state index contributed by atoms with van der Waals surface area (Å²) in [5.74, 6) is 0.636. The molecule has 3 rings (SSSR count). The highest BCUT2D eigenvalue weighted by atomic mass is 19.1. The van der Waals surface area contributed by atoms with Gasteiger partial charge in [0, 0.05) is 31.1 Å². The first-order valence-electron chi connectivity index (χ1n) is 8.49. The molecule has 1 aromatic heterocycles. The largest absolute Gasteiger partial charge is 0.494 e. The van der Waals surface area contributed by atoms with Gasteiger partial charge >= 0.3 is 0 Å². The van der Waals surface area contributed by atoms with E-state index in [9.17, 15) is 4.39 Å². The lowest BCUT2D eigenvalue weighted by atomic mass is 10.00. The third-order valence-electron chi connectivity index (χ3n) is 4.97. The number of aromatic nitrogens is 2. The van der Waals surface area contributed by atoms with Crippen molar-refractivity contribution in [2.45, 2.75) is 31.7 Å². The molecule has 2 heterocycles. The first-order chi connectivity index (χ1) is 11.6. The Kier molecular flexibility index (Phi) is 5.14. The van der Waals surface area contributed by atoms with Gasteiger partial charge in [0.05, 0.1) is 12.6 Å². The summed E-state index contributed by atoms with van der Waals surface area (Å²) >= 11 is 0. The predicted molar refractivity (Wildman–Crippen MR) is 94.2 cm³/mol. The third kappa shape index (κ3) is 3.43. The minimum absolute atomic E-state index is 0.221. The van der Waals surface area contributed by atoms with Crippen LogP contribution in [0.4, 0.5) is 10.2 Å². The molecule has 0 N–H and O–H groups in total. The molecule has 1 unspecified atom stereocenters. The van der Waals surface area contributed by atoms with Gasteiger partial charge in [-0.25, -0.2) is 14.4 Å². The van der Waals surface area contributed by atoms with Crippen molar-refractivity contribution >= 4 is 16.7 Å². The number of likely N-dealkylation sites (tertiary alicyclic amines) is 1. The Balaban J connectivity index is 1.80. The van der Waals surface area contributed by atoms with Crippen molar-refractivity contribution in [3.8, 4) is 5.75 Å². The van der Waals surface area contributed by atoms with Crippen LogP contribution >= 0.6 is 0 Å². The van der Waals surface area contributed by atoms with Crippen LogP contribution < -0.4 is 9.64 Å². The van der Waals surface area contributed by atoms with Crippen molar-refractivity contribution in [3.63, 3.8) is 0 Å². The molecule has 0 spiro atoms. The Hall–Kier alpha value is -1.95. The van der Waals surface area contributed by atoms with Gasteiger partial charge in [0.15, 0.2) is 11.6 Å². The number of benzene rings is 1. The monoisotopic (exact) mass is 332 g/mol. The number of hydrogen-bond acceptors (Lipinski definition) is 5. The molecule has 0 radical (unpaired) electrons. The molecule has 0 bridgehead atoms. The number of piperidine rings is 1. The van der Waals surface area contributed by atoms with E-state index in [4.69, 9.17) is 4.74 Å². The zero-order chi connectivity index (χ0) is 17.1. The number of ether oxygens (including phenoxy) is 1. The summed E-state index contributed by atoms with van der Waals surface area (Å²) in [6, 6.07) is 3.71. The van der Waals surface area contributed by atoms with Crippen molar-refractivity contribution in [2.24, 2.45) is 0 Å². The van der Waals surface area contributed by atoms with E-state index in [1.807, 2.05) is 7.05 Å². The van der Waals surface area contributed by atoms with E-state index >= 15 is 0 Å². The van der Waals surface area contributed by atoms with Crippen LogP contribution in [0.15, 0.2) is 18.5 Å². The van der Waals surface area contributed by atoms with Crippen LogP contribution in [0.2, 0.25) is 0 Å². The van der Waals surface area contributed by atoms with Gasteiger partial charge in [-0.05, 0) is 38.9 Å². The van der Waals surface area contributed by atoms with E-state index in [-0.39, 0.29) is 5.75 Å². The van der Waals surface area contributed by atoms with Crippen LogP contribution in [0.3, 0.4) is 0 Å². The molecule has 130 valence electrons. The number of methoxy groups -OCH3 is 1. The Labute approximate surface area is 142 Å². The van der Waals surface area contributed by atoms with E-state index in [0.29, 0.717) is 11.6 Å². The van der Waals surface area contributed by atoms with Crippen LogP contribution in [0.5, 0.6) is 5.75 Å². The zero-order valence-corrected chi connectivity index (χ0v) is 14.6. The highest BCUT2D eigenvalue weighted by Crippen LogP contribution is 2.29. The van der Waals surface area contributed by atoms with E-state index in [1.165, 1.54) is 45.3 Å². The second kappa shape index (κ2) is 7.30. The Morgan fingerprint density at radius 2 is 2.17 bits per heavy atom. The summed E-state index contributed by atoms with van der Waals surface area (Å²) in [6.07, 6.45) is 6.45. The first kappa shape index (κ1) is 16.9. The summed E-state index contributed by atoms with van der Waals surface area (Å²) in [5.41, 5.74) is 0.597. The van der Waals surface area contributed by atoms with E-state index in [0.717, 1.165) is 24.2 Å². The number of halogens is 1. The number of anilines is 1. The van der Waals surface area contributed by atoms with Gasteiger partial charge in [-0.1, -0.05) is 6.42 Å². The molecular weight excluding hydrogens is 307 g/mol. The van der Waals surface area contributed by atoms with Gasteiger partial charge < -0.3 is 14.5 Å². The molecule has 0 amide bonds. The van der Waals surface area contributed by atoms with Crippen LogP contribution in [0, 0.1) is 5.82 Å². The predicted octanol–water partition coefficient (Wildman–Crippen LogP) is 3.09. The first-order valence-corrected chi connectivity index (χ1v) is 8.49. The molecule has 6 heteroatoms. The summed E-state index contributed by atoms with van der Waals surface area (Å²) in [5, 5.41) is 0.815. The van der Waals surface area contributed by atoms with Crippen molar-refractivity contribution in [3.05, 3.63) is 24.3 Å². The van der Waals surface area contributed by atoms with Crippen LogP contribution in [-0.2, 0) is 0 Å². The quantitative estimate of drug-likeness (QED) is 0.842. The van der Waals surface area contributed by atoms with Gasteiger partial charge in [-0.3, -0.25) is 0 Å². The lowest BCUT2D eigenvalue weighted by Gasteiger charge is -2.33. The molecule has 1 aliphatic heterocycles. The minimum atomic E-state index is -0.402. The van der Waals surface area contributed by atoms with Gasteiger partial charge in [0.2, 0.25) is 0 Å².